The lowest BCUT2D eigenvalue weighted by Crippen LogP contribution is -2.37. The number of fused-ring (bicyclic) bond motifs is 2. The smallest absolute Gasteiger partial charge is 0.229 e. The molecule has 1 aliphatic heterocycles. The highest BCUT2D eigenvalue weighted by molar-refractivity contribution is 7.90. The number of nitrogens with zero attached hydrogens (tertiary/aromatic N) is 3. The number of H-pyrrole nitrogens is 1. The van der Waals surface area contributed by atoms with E-state index in [9.17, 15) is 8.42 Å². The first-order chi connectivity index (χ1) is 17.0. The van der Waals surface area contributed by atoms with Crippen LogP contribution in [0.3, 0.4) is 0 Å². The summed E-state index contributed by atoms with van der Waals surface area (Å²) < 4.78 is 27.2. The van der Waals surface area contributed by atoms with E-state index in [4.69, 9.17) is 10.7 Å². The number of nitrogens with two attached hydrogens (primary N) is 1. The third kappa shape index (κ3) is 4.40. The minimum absolute atomic E-state index is 0.179. The van der Waals surface area contributed by atoms with Crippen LogP contribution in [0.2, 0.25) is 0 Å². The van der Waals surface area contributed by atoms with E-state index >= 15 is 0 Å². The molecule has 1 fully saturated rings. The van der Waals surface area contributed by atoms with Crippen LogP contribution in [0.5, 0.6) is 0 Å². The molecule has 182 valence electrons. The monoisotopic (exact) mass is 509 g/mol. The van der Waals surface area contributed by atoms with Crippen LogP contribution >= 0.6 is 11.3 Å². The van der Waals surface area contributed by atoms with Crippen LogP contribution in [0, 0.1) is 0 Å². The summed E-state index contributed by atoms with van der Waals surface area (Å²) in [4.78, 5) is 15.0. The zero-order valence-electron chi connectivity index (χ0n) is 19.1. The first-order valence-electron chi connectivity index (χ1n) is 11.8. The predicted molar refractivity (Wildman–Crippen MR) is 141 cm³/mol. The van der Waals surface area contributed by atoms with Gasteiger partial charge >= 0.3 is 0 Å². The number of aromatic nitrogens is 3. The number of anilines is 3. The van der Waals surface area contributed by atoms with E-state index in [1.165, 1.54) is 4.88 Å². The lowest BCUT2D eigenvalue weighted by Gasteiger charge is -2.26. The van der Waals surface area contributed by atoms with Crippen molar-refractivity contribution in [3.05, 3.63) is 53.0 Å². The molecule has 11 heteroatoms. The van der Waals surface area contributed by atoms with Crippen molar-refractivity contribution in [2.75, 3.05) is 30.3 Å². The number of benzene rings is 1. The molecular weight excluding hydrogens is 482 g/mol. The number of aromatic amines is 1. The Morgan fingerprint density at radius 2 is 2.03 bits per heavy atom. The Morgan fingerprint density at radius 3 is 2.86 bits per heavy atom. The molecule has 0 spiro atoms. The first-order valence-corrected chi connectivity index (χ1v) is 14.1. The van der Waals surface area contributed by atoms with E-state index in [0.717, 1.165) is 57.8 Å². The normalized spacial score (nSPS) is 16.4. The number of nitrogens with one attached hydrogen (secondary N) is 3. The number of thiophene rings is 1. The summed E-state index contributed by atoms with van der Waals surface area (Å²) in [7, 11) is -3.18. The van der Waals surface area contributed by atoms with E-state index in [1.54, 1.807) is 15.6 Å². The Hall–Kier alpha value is -2.99. The van der Waals surface area contributed by atoms with Gasteiger partial charge in [0.2, 0.25) is 16.0 Å². The number of sulfonamides is 1. The van der Waals surface area contributed by atoms with E-state index < -0.39 is 10.0 Å². The zero-order valence-corrected chi connectivity index (χ0v) is 20.8. The highest BCUT2D eigenvalue weighted by Crippen LogP contribution is 2.39. The third-order valence-corrected chi connectivity index (χ3v) is 9.97. The average Bonchev–Trinajstić information content (AvgIpc) is 3.48. The van der Waals surface area contributed by atoms with Gasteiger partial charge in [0.25, 0.3) is 0 Å². The molecule has 0 atom stereocenters. The molecule has 5 N–H and O–H groups in total. The van der Waals surface area contributed by atoms with E-state index in [0.29, 0.717) is 32.1 Å². The molecule has 0 saturated heterocycles. The summed E-state index contributed by atoms with van der Waals surface area (Å²) in [5.74, 6) is 0.496. The summed E-state index contributed by atoms with van der Waals surface area (Å²) in [5, 5.41) is 7.36. The standard InChI is InChI=1S/C24H27N7O2S2/c25-8-10-26-16-2-1-3-17(13-16)28-24-29-22(19-6-9-27-23(19)30-24)21-12-15-14-31(11-7-20(15)34-21)35(32,33)18-4-5-18/h1-3,6,9,12-13,18,26H,4-5,7-8,10-11,14,25H2,(H2,27,28,29,30). The van der Waals surface area contributed by atoms with Gasteiger partial charge in [-0.05, 0) is 55.2 Å². The molecule has 1 aliphatic carbocycles. The van der Waals surface area contributed by atoms with Gasteiger partial charge in [0.05, 0.1) is 15.8 Å². The topological polar surface area (TPSA) is 129 Å². The van der Waals surface area contributed by atoms with Gasteiger partial charge in [0.15, 0.2) is 0 Å². The highest BCUT2D eigenvalue weighted by atomic mass is 32.2. The lowest BCUT2D eigenvalue weighted by atomic mass is 10.1. The van der Waals surface area contributed by atoms with Crippen molar-refractivity contribution in [3.63, 3.8) is 0 Å². The molecule has 1 aromatic carbocycles. The molecule has 6 rings (SSSR count). The van der Waals surface area contributed by atoms with Gasteiger partial charge in [-0.15, -0.1) is 11.3 Å². The second kappa shape index (κ2) is 8.90. The molecule has 35 heavy (non-hydrogen) atoms. The Kier molecular flexibility index (Phi) is 5.72. The molecule has 0 bridgehead atoms. The largest absolute Gasteiger partial charge is 0.384 e. The minimum Gasteiger partial charge on any atom is -0.384 e. The molecular formula is C24H27N7O2S2. The Bertz CT molecular complexity index is 1490. The van der Waals surface area contributed by atoms with Crippen molar-refractivity contribution in [2.45, 2.75) is 31.1 Å². The third-order valence-electron chi connectivity index (χ3n) is 6.38. The summed E-state index contributed by atoms with van der Waals surface area (Å²) in [5.41, 5.74) is 10.1. The molecule has 1 saturated carbocycles. The molecule has 3 aromatic heterocycles. The summed E-state index contributed by atoms with van der Waals surface area (Å²) in [6, 6.07) is 12.0. The minimum atomic E-state index is -3.18. The van der Waals surface area contributed by atoms with Crippen LogP contribution in [0.4, 0.5) is 17.3 Å². The molecule has 2 aliphatic rings. The van der Waals surface area contributed by atoms with Crippen LogP contribution in [0.15, 0.2) is 42.6 Å². The first kappa shape index (κ1) is 22.5. The number of hydrogen-bond donors (Lipinski definition) is 4. The van der Waals surface area contributed by atoms with Gasteiger partial charge in [-0.2, -0.15) is 9.29 Å². The lowest BCUT2D eigenvalue weighted by molar-refractivity contribution is 0.393. The molecule has 9 nitrogen and oxygen atoms in total. The molecule has 0 amide bonds. The van der Waals surface area contributed by atoms with Gasteiger partial charge in [-0.3, -0.25) is 0 Å². The second-order valence-electron chi connectivity index (χ2n) is 8.94. The maximum atomic E-state index is 12.8. The summed E-state index contributed by atoms with van der Waals surface area (Å²) >= 11 is 1.69. The van der Waals surface area contributed by atoms with Crippen LogP contribution in [0.25, 0.3) is 21.6 Å². The maximum Gasteiger partial charge on any atom is 0.229 e. The van der Waals surface area contributed by atoms with Gasteiger partial charge < -0.3 is 21.4 Å². The fraction of sp³-hybridized carbons (Fsp3) is 0.333. The quantitative estimate of drug-likeness (QED) is 0.285. The zero-order chi connectivity index (χ0) is 24.0. The second-order valence-corrected chi connectivity index (χ2v) is 12.3. The van der Waals surface area contributed by atoms with Crippen molar-refractivity contribution < 1.29 is 8.42 Å². The Balaban J connectivity index is 1.31. The highest BCUT2D eigenvalue weighted by Gasteiger charge is 2.41. The fourth-order valence-electron chi connectivity index (χ4n) is 4.46. The average molecular weight is 510 g/mol. The van der Waals surface area contributed by atoms with Crippen LogP contribution in [-0.4, -0.2) is 52.6 Å². The van der Waals surface area contributed by atoms with Crippen LogP contribution in [-0.2, 0) is 23.0 Å². The summed E-state index contributed by atoms with van der Waals surface area (Å²) in [6.45, 7) is 2.25. The van der Waals surface area contributed by atoms with E-state index in [2.05, 4.69) is 26.7 Å². The SMILES string of the molecule is NCCNc1cccc(Nc2nc(-c3cc4c(s3)CCN(S(=O)(=O)C3CC3)C4)c3cc[nH]c3n2)c1. The molecule has 4 heterocycles. The number of hydrogen-bond acceptors (Lipinski definition) is 8. The van der Waals surface area contributed by atoms with Crippen molar-refractivity contribution in [2.24, 2.45) is 5.73 Å². The van der Waals surface area contributed by atoms with Gasteiger partial charge in [0, 0.05) is 54.0 Å². The Morgan fingerprint density at radius 1 is 1.17 bits per heavy atom. The summed E-state index contributed by atoms with van der Waals surface area (Å²) in [6.07, 6.45) is 4.17. The van der Waals surface area contributed by atoms with Crippen molar-refractivity contribution >= 4 is 49.7 Å². The van der Waals surface area contributed by atoms with Crippen molar-refractivity contribution in [1.82, 2.24) is 19.3 Å². The Labute approximate surface area is 207 Å². The maximum absolute atomic E-state index is 12.8. The van der Waals surface area contributed by atoms with Crippen molar-refractivity contribution in [1.29, 1.82) is 0 Å². The fourth-order valence-corrected chi connectivity index (χ4v) is 7.44. The molecule has 0 unspecified atom stereocenters. The van der Waals surface area contributed by atoms with Gasteiger partial charge in [0.1, 0.15) is 5.65 Å². The van der Waals surface area contributed by atoms with Gasteiger partial charge in [-0.25, -0.2) is 13.4 Å². The van der Waals surface area contributed by atoms with Gasteiger partial charge in [-0.1, -0.05) is 6.07 Å². The van der Waals surface area contributed by atoms with Crippen molar-refractivity contribution in [3.8, 4) is 10.6 Å². The molecule has 4 aromatic rings. The molecule has 0 radical (unpaired) electrons. The van der Waals surface area contributed by atoms with E-state index in [-0.39, 0.29) is 5.25 Å². The van der Waals surface area contributed by atoms with Crippen LogP contribution < -0.4 is 16.4 Å². The van der Waals surface area contributed by atoms with Crippen LogP contribution in [0.1, 0.15) is 23.3 Å². The number of rotatable bonds is 8. The van der Waals surface area contributed by atoms with E-state index in [1.807, 2.05) is 36.5 Å². The predicted octanol–water partition coefficient (Wildman–Crippen LogP) is 3.65.